The van der Waals surface area contributed by atoms with Crippen LogP contribution in [0.3, 0.4) is 0 Å². The van der Waals surface area contributed by atoms with Crippen LogP contribution >= 0.6 is 0 Å². The lowest BCUT2D eigenvalue weighted by molar-refractivity contribution is -0.384. The van der Waals surface area contributed by atoms with Gasteiger partial charge in [0.05, 0.1) is 11.3 Å². The van der Waals surface area contributed by atoms with Gasteiger partial charge in [-0.15, -0.1) is 13.2 Å². The van der Waals surface area contributed by atoms with Crippen LogP contribution in [0, 0.1) is 16.0 Å². The van der Waals surface area contributed by atoms with Gasteiger partial charge in [0, 0.05) is 31.2 Å². The van der Waals surface area contributed by atoms with E-state index in [1.54, 1.807) is 6.07 Å². The highest BCUT2D eigenvalue weighted by Gasteiger charge is 2.32. The van der Waals surface area contributed by atoms with Crippen molar-refractivity contribution in [1.82, 2.24) is 15.3 Å². The van der Waals surface area contributed by atoms with E-state index < -0.39 is 17.3 Å². The maximum Gasteiger partial charge on any atom is 0.573 e. The number of halogens is 3. The molecule has 0 bridgehead atoms. The molecule has 1 aromatic carbocycles. The van der Waals surface area contributed by atoms with Gasteiger partial charge in [0.15, 0.2) is 0 Å². The summed E-state index contributed by atoms with van der Waals surface area (Å²) in [6.45, 7) is 0.766. The van der Waals surface area contributed by atoms with Gasteiger partial charge in [-0.2, -0.15) is 4.98 Å². The number of benzene rings is 1. The van der Waals surface area contributed by atoms with Crippen molar-refractivity contribution in [2.75, 3.05) is 23.7 Å². The first-order valence-electron chi connectivity index (χ1n) is 11.4. The van der Waals surface area contributed by atoms with Crippen molar-refractivity contribution < 1.29 is 32.7 Å². The Bertz CT molecular complexity index is 1050. The highest BCUT2D eigenvalue weighted by Crippen LogP contribution is 2.29. The molecule has 0 unspecified atom stereocenters. The molecular formula is C22H27F3N6O5. The van der Waals surface area contributed by atoms with Gasteiger partial charge in [0.25, 0.3) is 0 Å². The molecule has 0 spiro atoms. The van der Waals surface area contributed by atoms with E-state index in [-0.39, 0.29) is 53.7 Å². The summed E-state index contributed by atoms with van der Waals surface area (Å²) in [7, 11) is 0. The van der Waals surface area contributed by atoms with Crippen LogP contribution < -0.4 is 20.7 Å². The minimum Gasteiger partial charge on any atom is -0.481 e. The lowest BCUT2D eigenvalue weighted by Crippen LogP contribution is -2.35. The molecule has 36 heavy (non-hydrogen) atoms. The van der Waals surface area contributed by atoms with Crippen molar-refractivity contribution in [3.05, 3.63) is 46.1 Å². The molecule has 0 radical (unpaired) electrons. The van der Waals surface area contributed by atoms with Gasteiger partial charge in [0.1, 0.15) is 11.9 Å². The van der Waals surface area contributed by atoms with E-state index in [0.29, 0.717) is 13.1 Å². The molecule has 1 aliphatic rings. The third kappa shape index (κ3) is 8.52. The lowest BCUT2D eigenvalue weighted by atomic mass is 9.86. The fraction of sp³-hybridized carbons (Fsp3) is 0.500. The molecule has 1 aromatic heterocycles. The Kier molecular flexibility index (Phi) is 9.22. The summed E-state index contributed by atoms with van der Waals surface area (Å²) in [6, 6.07) is 5.85. The molecule has 0 amide bonds. The number of ether oxygens (including phenoxy) is 1. The van der Waals surface area contributed by atoms with Crippen molar-refractivity contribution in [2.45, 2.75) is 51.1 Å². The van der Waals surface area contributed by atoms with E-state index in [0.717, 1.165) is 31.9 Å². The number of alkyl halides is 3. The molecule has 196 valence electrons. The average molecular weight is 512 g/mol. The zero-order valence-electron chi connectivity index (χ0n) is 19.3. The molecule has 0 aliphatic heterocycles. The third-order valence-electron chi connectivity index (χ3n) is 5.78. The van der Waals surface area contributed by atoms with Crippen molar-refractivity contribution in [2.24, 2.45) is 5.92 Å². The minimum atomic E-state index is -4.84. The molecule has 1 heterocycles. The number of rotatable bonds is 12. The van der Waals surface area contributed by atoms with Crippen LogP contribution in [0.4, 0.5) is 30.6 Å². The summed E-state index contributed by atoms with van der Waals surface area (Å²) >= 11 is 0. The number of carboxylic acids is 1. The molecule has 4 N–H and O–H groups in total. The van der Waals surface area contributed by atoms with Crippen LogP contribution in [0.15, 0.2) is 30.5 Å². The van der Waals surface area contributed by atoms with Crippen LogP contribution in [0.2, 0.25) is 0 Å². The molecule has 14 heteroatoms. The average Bonchev–Trinajstić information content (AvgIpc) is 2.81. The fourth-order valence-electron chi connectivity index (χ4n) is 3.97. The summed E-state index contributed by atoms with van der Waals surface area (Å²) in [5, 5.41) is 29.2. The molecule has 11 nitrogen and oxygen atoms in total. The third-order valence-corrected chi connectivity index (χ3v) is 5.78. The van der Waals surface area contributed by atoms with E-state index in [4.69, 9.17) is 5.11 Å². The van der Waals surface area contributed by atoms with Crippen LogP contribution in [0.25, 0.3) is 0 Å². The Morgan fingerprint density at radius 3 is 2.58 bits per heavy atom. The van der Waals surface area contributed by atoms with Crippen molar-refractivity contribution in [3.63, 3.8) is 0 Å². The second kappa shape index (κ2) is 12.3. The normalized spacial score (nSPS) is 17.9. The summed E-state index contributed by atoms with van der Waals surface area (Å²) in [4.78, 5) is 29.5. The number of carboxylic acid groups (broad SMARTS) is 1. The van der Waals surface area contributed by atoms with Gasteiger partial charge in [-0.3, -0.25) is 14.9 Å². The van der Waals surface area contributed by atoms with Crippen molar-refractivity contribution in [3.8, 4) is 5.75 Å². The number of nitrogens with one attached hydrogen (secondary N) is 3. The first-order valence-corrected chi connectivity index (χ1v) is 11.4. The molecule has 3 rings (SSSR count). The number of aliphatic carboxylic acids is 1. The zero-order chi connectivity index (χ0) is 26.1. The van der Waals surface area contributed by atoms with E-state index >= 15 is 0 Å². The molecule has 1 saturated carbocycles. The smallest absolute Gasteiger partial charge is 0.481 e. The number of para-hydroxylation sites is 1. The molecule has 0 saturated heterocycles. The van der Waals surface area contributed by atoms with E-state index in [2.05, 4.69) is 30.7 Å². The van der Waals surface area contributed by atoms with E-state index in [1.807, 2.05) is 0 Å². The summed E-state index contributed by atoms with van der Waals surface area (Å²) in [5.74, 6) is -0.944. The SMILES string of the molecule is O=C(O)CCNC1CCC(CNc2nc(NCc3ccccc3OC(F)(F)F)ncc2[N+](=O)[O-])CC1. The summed E-state index contributed by atoms with van der Waals surface area (Å²) < 4.78 is 41.9. The number of nitro groups is 1. The van der Waals surface area contributed by atoms with Crippen molar-refractivity contribution >= 4 is 23.4 Å². The second-order valence-corrected chi connectivity index (χ2v) is 8.39. The molecule has 1 aliphatic carbocycles. The molecular weight excluding hydrogens is 485 g/mol. The number of nitrogens with zero attached hydrogens (tertiary/aromatic N) is 3. The Labute approximate surface area is 204 Å². The van der Waals surface area contributed by atoms with Gasteiger partial charge < -0.3 is 25.8 Å². The predicted molar refractivity (Wildman–Crippen MR) is 124 cm³/mol. The fourth-order valence-corrected chi connectivity index (χ4v) is 3.97. The van der Waals surface area contributed by atoms with Gasteiger partial charge in [-0.05, 0) is 37.7 Å². The standard InChI is InChI=1S/C22H27F3N6O5/c23-22(24,25)36-18-4-2-1-3-15(18)12-28-21-29-13-17(31(34)35)20(30-21)27-11-14-5-7-16(8-6-14)26-10-9-19(32)33/h1-4,13-14,16,26H,5-12H2,(H,32,33)(H2,27,28,29,30). The quantitative estimate of drug-likeness (QED) is 0.243. The van der Waals surface area contributed by atoms with Crippen LogP contribution in [0.5, 0.6) is 5.75 Å². The Morgan fingerprint density at radius 1 is 1.19 bits per heavy atom. The Morgan fingerprint density at radius 2 is 1.92 bits per heavy atom. The molecule has 0 atom stereocenters. The van der Waals surface area contributed by atoms with Gasteiger partial charge in [-0.25, -0.2) is 4.98 Å². The van der Waals surface area contributed by atoms with E-state index in [9.17, 15) is 28.1 Å². The topological polar surface area (TPSA) is 152 Å². The van der Waals surface area contributed by atoms with Gasteiger partial charge in [0.2, 0.25) is 11.8 Å². The Hall–Kier alpha value is -3.68. The largest absolute Gasteiger partial charge is 0.573 e. The highest BCUT2D eigenvalue weighted by molar-refractivity contribution is 5.66. The maximum atomic E-state index is 12.6. The minimum absolute atomic E-state index is 0.0104. The number of hydrogen-bond donors (Lipinski definition) is 4. The van der Waals surface area contributed by atoms with Gasteiger partial charge in [-0.1, -0.05) is 18.2 Å². The van der Waals surface area contributed by atoms with Crippen LogP contribution in [-0.4, -0.2) is 51.5 Å². The second-order valence-electron chi connectivity index (χ2n) is 8.39. The van der Waals surface area contributed by atoms with Gasteiger partial charge >= 0.3 is 18.0 Å². The maximum absolute atomic E-state index is 12.6. The number of anilines is 2. The summed E-state index contributed by atoms with van der Waals surface area (Å²) in [6.07, 6.45) is -0.288. The number of hydrogen-bond acceptors (Lipinski definition) is 9. The lowest BCUT2D eigenvalue weighted by Gasteiger charge is -2.29. The summed E-state index contributed by atoms with van der Waals surface area (Å²) in [5.41, 5.74) is -0.106. The highest BCUT2D eigenvalue weighted by atomic mass is 19.4. The molecule has 1 fully saturated rings. The number of aromatic nitrogens is 2. The Balaban J connectivity index is 1.57. The van der Waals surface area contributed by atoms with E-state index in [1.165, 1.54) is 18.2 Å². The first kappa shape index (κ1) is 26.9. The monoisotopic (exact) mass is 512 g/mol. The zero-order valence-corrected chi connectivity index (χ0v) is 19.3. The molecule has 2 aromatic rings. The van der Waals surface area contributed by atoms with Crippen molar-refractivity contribution in [1.29, 1.82) is 0 Å². The first-order chi connectivity index (χ1) is 17.1. The number of carbonyl (C=O) groups is 1. The van der Waals surface area contributed by atoms with Crippen LogP contribution in [0.1, 0.15) is 37.7 Å². The predicted octanol–water partition coefficient (Wildman–Crippen LogP) is 3.93. The van der Waals surface area contributed by atoms with Crippen LogP contribution in [-0.2, 0) is 11.3 Å².